The molecule has 1 saturated heterocycles. The molecule has 0 spiro atoms. The molecule has 0 saturated carbocycles. The van der Waals surface area contributed by atoms with Crippen molar-refractivity contribution in [3.8, 4) is 0 Å². The van der Waals surface area contributed by atoms with E-state index in [1.165, 1.54) is 0 Å². The SMILES string of the molecule is CCC(c1nc(C2CCS(=O)(=O)C2)no1)C(C)O. The van der Waals surface area contributed by atoms with Crippen molar-refractivity contribution in [2.24, 2.45) is 0 Å². The molecule has 1 aliphatic rings. The summed E-state index contributed by atoms with van der Waals surface area (Å²) in [6.07, 6.45) is 0.685. The van der Waals surface area contributed by atoms with Gasteiger partial charge in [-0.1, -0.05) is 12.1 Å². The fourth-order valence-electron chi connectivity index (χ4n) is 2.28. The van der Waals surface area contributed by atoms with E-state index in [-0.39, 0.29) is 23.3 Å². The summed E-state index contributed by atoms with van der Waals surface area (Å²) in [5.74, 6) is 0.771. The van der Waals surface area contributed by atoms with Crippen LogP contribution in [0.1, 0.15) is 50.2 Å². The molecule has 3 unspecified atom stereocenters. The Balaban J connectivity index is 2.16. The first-order valence-corrected chi connectivity index (χ1v) is 7.97. The van der Waals surface area contributed by atoms with Crippen LogP contribution in [0.25, 0.3) is 0 Å². The van der Waals surface area contributed by atoms with Crippen LogP contribution in [0.15, 0.2) is 4.52 Å². The monoisotopic (exact) mass is 274 g/mol. The second kappa shape index (κ2) is 4.97. The zero-order valence-electron chi connectivity index (χ0n) is 10.5. The first-order valence-electron chi connectivity index (χ1n) is 6.15. The van der Waals surface area contributed by atoms with Crippen molar-refractivity contribution in [3.05, 3.63) is 11.7 Å². The minimum atomic E-state index is -2.95. The Morgan fingerprint density at radius 2 is 2.28 bits per heavy atom. The van der Waals surface area contributed by atoms with Crippen LogP contribution in [0.2, 0.25) is 0 Å². The first-order chi connectivity index (χ1) is 8.43. The van der Waals surface area contributed by atoms with Crippen LogP contribution >= 0.6 is 0 Å². The van der Waals surface area contributed by atoms with Crippen molar-refractivity contribution >= 4 is 9.84 Å². The molecule has 0 bridgehead atoms. The Morgan fingerprint density at radius 1 is 1.56 bits per heavy atom. The van der Waals surface area contributed by atoms with Crippen molar-refractivity contribution in [1.29, 1.82) is 0 Å². The third-order valence-electron chi connectivity index (χ3n) is 3.39. The van der Waals surface area contributed by atoms with Crippen molar-refractivity contribution in [2.75, 3.05) is 11.5 Å². The van der Waals surface area contributed by atoms with Gasteiger partial charge in [-0.05, 0) is 19.8 Å². The van der Waals surface area contributed by atoms with E-state index in [1.807, 2.05) is 6.92 Å². The largest absolute Gasteiger partial charge is 0.393 e. The summed E-state index contributed by atoms with van der Waals surface area (Å²) in [5, 5.41) is 13.5. The Bertz CT molecular complexity index is 509. The maximum atomic E-state index is 11.4. The molecule has 2 rings (SSSR count). The minimum absolute atomic E-state index is 0.0947. The maximum Gasteiger partial charge on any atom is 0.232 e. The topological polar surface area (TPSA) is 93.3 Å². The standard InChI is InChI=1S/C11H18N2O4S/c1-3-9(7(2)14)11-12-10(13-17-11)8-4-5-18(15,16)6-8/h7-9,14H,3-6H2,1-2H3. The average molecular weight is 274 g/mol. The molecule has 3 atom stereocenters. The lowest BCUT2D eigenvalue weighted by Crippen LogP contribution is -2.14. The van der Waals surface area contributed by atoms with Crippen molar-refractivity contribution in [1.82, 2.24) is 10.1 Å². The highest BCUT2D eigenvalue weighted by Crippen LogP contribution is 2.29. The third-order valence-corrected chi connectivity index (χ3v) is 5.16. The summed E-state index contributed by atoms with van der Waals surface area (Å²) in [6.45, 7) is 3.61. The summed E-state index contributed by atoms with van der Waals surface area (Å²) in [6, 6.07) is 0. The van der Waals surface area contributed by atoms with Crippen molar-refractivity contribution < 1.29 is 18.0 Å². The fourth-order valence-corrected chi connectivity index (χ4v) is 4.02. The van der Waals surface area contributed by atoms with Gasteiger partial charge in [-0.2, -0.15) is 4.98 Å². The second-order valence-corrected chi connectivity index (χ2v) is 7.07. The van der Waals surface area contributed by atoms with Gasteiger partial charge in [-0.15, -0.1) is 0 Å². The van der Waals surface area contributed by atoms with E-state index in [2.05, 4.69) is 10.1 Å². The molecule has 0 aliphatic carbocycles. The van der Waals surface area contributed by atoms with Gasteiger partial charge in [0, 0.05) is 5.92 Å². The number of aliphatic hydroxyl groups is 1. The number of rotatable bonds is 4. The highest BCUT2D eigenvalue weighted by Gasteiger charge is 2.33. The zero-order valence-corrected chi connectivity index (χ0v) is 11.4. The van der Waals surface area contributed by atoms with Crippen molar-refractivity contribution in [2.45, 2.75) is 44.6 Å². The summed E-state index contributed by atoms with van der Waals surface area (Å²) >= 11 is 0. The predicted molar refractivity (Wildman–Crippen MR) is 65.0 cm³/mol. The molecular weight excluding hydrogens is 256 g/mol. The Morgan fingerprint density at radius 3 is 2.78 bits per heavy atom. The van der Waals surface area contributed by atoms with Crippen LogP contribution in [0.5, 0.6) is 0 Å². The molecular formula is C11H18N2O4S. The molecule has 1 fully saturated rings. The molecule has 1 aromatic rings. The Hall–Kier alpha value is -0.950. The molecule has 0 aromatic carbocycles. The highest BCUT2D eigenvalue weighted by atomic mass is 32.2. The van der Waals surface area contributed by atoms with E-state index in [9.17, 15) is 13.5 Å². The summed E-state index contributed by atoms with van der Waals surface area (Å²) < 4.78 is 27.9. The first kappa shape index (κ1) is 13.5. The van der Waals surface area contributed by atoms with E-state index >= 15 is 0 Å². The number of hydrogen-bond donors (Lipinski definition) is 1. The van der Waals surface area contributed by atoms with Gasteiger partial charge in [-0.25, -0.2) is 8.42 Å². The lowest BCUT2D eigenvalue weighted by Gasteiger charge is -2.12. The molecule has 102 valence electrons. The summed E-state index contributed by atoms with van der Waals surface area (Å²) in [7, 11) is -2.95. The molecule has 0 radical (unpaired) electrons. The van der Waals surface area contributed by atoms with Crippen molar-refractivity contribution in [3.63, 3.8) is 0 Å². The molecule has 1 aliphatic heterocycles. The van der Waals surface area contributed by atoms with Crippen LogP contribution in [0, 0.1) is 0 Å². The fraction of sp³-hybridized carbons (Fsp3) is 0.818. The van der Waals surface area contributed by atoms with Crippen LogP contribution in [0.4, 0.5) is 0 Å². The van der Waals surface area contributed by atoms with Gasteiger partial charge in [0.15, 0.2) is 15.7 Å². The number of aromatic nitrogens is 2. The number of hydrogen-bond acceptors (Lipinski definition) is 6. The molecule has 7 heteroatoms. The molecule has 0 amide bonds. The van der Waals surface area contributed by atoms with Gasteiger partial charge in [0.25, 0.3) is 0 Å². The van der Waals surface area contributed by atoms with Gasteiger partial charge in [0.05, 0.1) is 23.5 Å². The number of nitrogens with zero attached hydrogens (tertiary/aromatic N) is 2. The highest BCUT2D eigenvalue weighted by molar-refractivity contribution is 7.91. The zero-order chi connectivity index (χ0) is 13.3. The summed E-state index contributed by atoms with van der Waals surface area (Å²) in [4.78, 5) is 4.25. The number of aliphatic hydroxyl groups excluding tert-OH is 1. The van der Waals surface area contributed by atoms with Gasteiger partial charge >= 0.3 is 0 Å². The van der Waals surface area contributed by atoms with E-state index in [4.69, 9.17) is 4.52 Å². The van der Waals surface area contributed by atoms with Crippen LogP contribution < -0.4 is 0 Å². The second-order valence-electron chi connectivity index (χ2n) is 4.85. The lowest BCUT2D eigenvalue weighted by molar-refractivity contribution is 0.141. The van der Waals surface area contributed by atoms with E-state index in [0.29, 0.717) is 24.6 Å². The Kier molecular flexibility index (Phi) is 3.72. The maximum absolute atomic E-state index is 11.4. The molecule has 6 nitrogen and oxygen atoms in total. The molecule has 1 N–H and O–H groups in total. The van der Waals surface area contributed by atoms with E-state index in [1.54, 1.807) is 6.92 Å². The van der Waals surface area contributed by atoms with E-state index in [0.717, 1.165) is 0 Å². The number of sulfone groups is 1. The van der Waals surface area contributed by atoms with E-state index < -0.39 is 15.9 Å². The van der Waals surface area contributed by atoms with Gasteiger partial charge in [0.2, 0.25) is 5.89 Å². The average Bonchev–Trinajstić information content (AvgIpc) is 2.85. The van der Waals surface area contributed by atoms with Gasteiger partial charge < -0.3 is 9.63 Å². The molecule has 1 aromatic heterocycles. The normalized spacial score (nSPS) is 26.1. The van der Waals surface area contributed by atoms with Gasteiger partial charge in [-0.3, -0.25) is 0 Å². The van der Waals surface area contributed by atoms with Crippen LogP contribution in [-0.4, -0.2) is 41.3 Å². The predicted octanol–water partition coefficient (Wildman–Crippen LogP) is 0.846. The third kappa shape index (κ3) is 2.72. The van der Waals surface area contributed by atoms with Crippen LogP contribution in [-0.2, 0) is 9.84 Å². The smallest absolute Gasteiger partial charge is 0.232 e. The van der Waals surface area contributed by atoms with Crippen LogP contribution in [0.3, 0.4) is 0 Å². The summed E-state index contributed by atoms with van der Waals surface area (Å²) in [5.41, 5.74) is 0. The lowest BCUT2D eigenvalue weighted by atomic mass is 10.0. The molecule has 2 heterocycles. The molecule has 18 heavy (non-hydrogen) atoms. The quantitative estimate of drug-likeness (QED) is 0.874. The van der Waals surface area contributed by atoms with Gasteiger partial charge in [0.1, 0.15) is 0 Å². The Labute approximate surface area is 106 Å². The minimum Gasteiger partial charge on any atom is -0.393 e.